The number of H-pyrrole nitrogens is 1. The first-order chi connectivity index (χ1) is 11.4. The summed E-state index contributed by atoms with van der Waals surface area (Å²) >= 11 is 5.22. The molecule has 6 heteroatoms. The van der Waals surface area contributed by atoms with E-state index in [4.69, 9.17) is 12.2 Å². The summed E-state index contributed by atoms with van der Waals surface area (Å²) in [6.45, 7) is 5.72. The van der Waals surface area contributed by atoms with Crippen molar-refractivity contribution < 1.29 is 5.11 Å². The molecule has 0 aliphatic carbocycles. The van der Waals surface area contributed by atoms with Crippen LogP contribution in [0.5, 0.6) is 5.88 Å². The molecule has 0 spiro atoms. The van der Waals surface area contributed by atoms with Crippen molar-refractivity contribution in [3.63, 3.8) is 0 Å². The number of rotatable bonds is 2. The van der Waals surface area contributed by atoms with Crippen molar-refractivity contribution in [3.8, 4) is 11.6 Å². The average Bonchev–Trinajstić information content (AvgIpc) is 2.83. The first kappa shape index (κ1) is 16.1. The molecule has 0 saturated carbocycles. The Labute approximate surface area is 144 Å². The maximum absolute atomic E-state index is 12.3. The predicted molar refractivity (Wildman–Crippen MR) is 98.5 cm³/mol. The third-order valence-electron chi connectivity index (χ3n) is 3.84. The van der Waals surface area contributed by atoms with Gasteiger partial charge in [-0.05, 0) is 62.8 Å². The molecule has 0 radical (unpaired) electrons. The summed E-state index contributed by atoms with van der Waals surface area (Å²) in [5, 5.41) is 10.7. The fourth-order valence-electron chi connectivity index (χ4n) is 2.59. The van der Waals surface area contributed by atoms with Gasteiger partial charge in [0.15, 0.2) is 4.77 Å². The zero-order valence-corrected chi connectivity index (χ0v) is 14.4. The quantitative estimate of drug-likeness (QED) is 0.820. The molecule has 1 aromatic carbocycles. The second-order valence-electron chi connectivity index (χ2n) is 5.75. The molecule has 0 bridgehead atoms. The van der Waals surface area contributed by atoms with Crippen LogP contribution in [0, 0.1) is 11.7 Å². The highest BCUT2D eigenvalue weighted by molar-refractivity contribution is 7.71. The SMILES string of the molecule is CC1=C/C(=C\c2c(O)n(-c3ccc(C)cc3)c(=S)[nH]c2=O)C(C)=N1. The highest BCUT2D eigenvalue weighted by atomic mass is 32.1. The Morgan fingerprint density at radius 3 is 2.46 bits per heavy atom. The van der Waals surface area contributed by atoms with Gasteiger partial charge >= 0.3 is 0 Å². The summed E-state index contributed by atoms with van der Waals surface area (Å²) < 4.78 is 1.59. The van der Waals surface area contributed by atoms with Gasteiger partial charge in [0.25, 0.3) is 5.56 Å². The van der Waals surface area contributed by atoms with E-state index in [0.29, 0.717) is 5.69 Å². The number of nitrogens with one attached hydrogen (secondary N) is 1. The number of aromatic amines is 1. The first-order valence-corrected chi connectivity index (χ1v) is 7.88. The largest absolute Gasteiger partial charge is 0.494 e. The van der Waals surface area contributed by atoms with Crippen LogP contribution in [0.15, 0.2) is 51.4 Å². The van der Waals surface area contributed by atoms with Crippen LogP contribution in [0.1, 0.15) is 25.0 Å². The average molecular weight is 339 g/mol. The van der Waals surface area contributed by atoms with Crippen molar-refractivity contribution in [1.29, 1.82) is 0 Å². The molecule has 2 aromatic rings. The van der Waals surface area contributed by atoms with Gasteiger partial charge in [-0.3, -0.25) is 19.3 Å². The molecule has 122 valence electrons. The zero-order chi connectivity index (χ0) is 17.4. The lowest BCUT2D eigenvalue weighted by Gasteiger charge is -2.12. The van der Waals surface area contributed by atoms with E-state index in [9.17, 15) is 9.90 Å². The number of aromatic nitrogens is 2. The van der Waals surface area contributed by atoms with E-state index in [1.807, 2.05) is 51.1 Å². The minimum absolute atomic E-state index is 0.145. The molecule has 0 unspecified atom stereocenters. The number of hydrogen-bond donors (Lipinski definition) is 2. The molecular formula is C18H17N3O2S. The van der Waals surface area contributed by atoms with Crippen molar-refractivity contribution in [3.05, 3.63) is 67.9 Å². The number of allylic oxidation sites excluding steroid dienone is 3. The highest BCUT2D eigenvalue weighted by Gasteiger charge is 2.15. The smallest absolute Gasteiger partial charge is 0.262 e. The van der Waals surface area contributed by atoms with Crippen LogP contribution in [0.4, 0.5) is 0 Å². The summed E-state index contributed by atoms with van der Waals surface area (Å²) in [5.41, 5.74) is 3.95. The van der Waals surface area contributed by atoms with Crippen LogP contribution < -0.4 is 5.56 Å². The first-order valence-electron chi connectivity index (χ1n) is 7.48. The van der Waals surface area contributed by atoms with E-state index in [-0.39, 0.29) is 16.2 Å². The zero-order valence-electron chi connectivity index (χ0n) is 13.6. The number of benzene rings is 1. The van der Waals surface area contributed by atoms with E-state index >= 15 is 0 Å². The predicted octanol–water partition coefficient (Wildman–Crippen LogP) is 3.67. The highest BCUT2D eigenvalue weighted by Crippen LogP contribution is 2.24. The van der Waals surface area contributed by atoms with Crippen molar-refractivity contribution >= 4 is 24.0 Å². The van der Waals surface area contributed by atoms with Gasteiger partial charge in [-0.15, -0.1) is 0 Å². The topological polar surface area (TPSA) is 70.4 Å². The molecule has 1 aliphatic rings. The van der Waals surface area contributed by atoms with E-state index in [2.05, 4.69) is 9.98 Å². The van der Waals surface area contributed by atoms with Gasteiger partial charge in [0.05, 0.1) is 5.69 Å². The fraction of sp³-hybridized carbons (Fsp3) is 0.167. The van der Waals surface area contributed by atoms with E-state index in [1.165, 1.54) is 4.57 Å². The number of aliphatic imine (C=N–C) groups is 1. The molecular weight excluding hydrogens is 322 g/mol. The number of nitrogens with zero attached hydrogens (tertiary/aromatic N) is 2. The molecule has 2 heterocycles. The maximum atomic E-state index is 12.3. The summed E-state index contributed by atoms with van der Waals surface area (Å²) in [6.07, 6.45) is 3.50. The Bertz CT molecular complexity index is 1020. The Kier molecular flexibility index (Phi) is 4.07. The van der Waals surface area contributed by atoms with Gasteiger partial charge in [0, 0.05) is 11.4 Å². The van der Waals surface area contributed by atoms with Gasteiger partial charge in [-0.25, -0.2) is 0 Å². The van der Waals surface area contributed by atoms with Crippen LogP contribution in [0.2, 0.25) is 0 Å². The lowest BCUT2D eigenvalue weighted by atomic mass is 10.1. The van der Waals surface area contributed by atoms with Gasteiger partial charge < -0.3 is 5.11 Å². The van der Waals surface area contributed by atoms with Crippen molar-refractivity contribution in [2.24, 2.45) is 4.99 Å². The molecule has 5 nitrogen and oxygen atoms in total. The standard InChI is InChI=1S/C18H17N3O2S/c1-10-4-6-14(7-5-10)21-17(23)15(16(22)20-18(21)24)9-13-8-11(2)19-12(13)3/h4-9,23H,1-3H3,(H,20,22,24)/b13-9+. The molecule has 0 saturated heterocycles. The normalized spacial score (nSPS) is 15.5. The van der Waals surface area contributed by atoms with Gasteiger partial charge in [0.1, 0.15) is 5.56 Å². The van der Waals surface area contributed by atoms with Gasteiger partial charge in [0.2, 0.25) is 5.88 Å². The molecule has 0 amide bonds. The molecule has 2 N–H and O–H groups in total. The Morgan fingerprint density at radius 2 is 1.88 bits per heavy atom. The minimum atomic E-state index is -0.431. The minimum Gasteiger partial charge on any atom is -0.494 e. The molecule has 0 fully saturated rings. The third kappa shape index (κ3) is 2.88. The van der Waals surface area contributed by atoms with E-state index in [0.717, 1.165) is 22.5 Å². The summed E-state index contributed by atoms with van der Waals surface area (Å²) in [7, 11) is 0. The maximum Gasteiger partial charge on any atom is 0.262 e. The van der Waals surface area contributed by atoms with Crippen molar-refractivity contribution in [1.82, 2.24) is 9.55 Å². The van der Waals surface area contributed by atoms with E-state index in [1.54, 1.807) is 6.08 Å². The number of aryl methyl sites for hydroxylation is 1. The molecule has 1 aromatic heterocycles. The number of aromatic hydroxyl groups is 1. The van der Waals surface area contributed by atoms with Gasteiger partial charge in [-0.2, -0.15) is 0 Å². The van der Waals surface area contributed by atoms with E-state index < -0.39 is 5.56 Å². The molecule has 1 aliphatic heterocycles. The van der Waals surface area contributed by atoms with Crippen molar-refractivity contribution in [2.75, 3.05) is 0 Å². The lowest BCUT2D eigenvalue weighted by Crippen LogP contribution is -2.16. The second-order valence-corrected chi connectivity index (χ2v) is 6.14. The Morgan fingerprint density at radius 1 is 1.21 bits per heavy atom. The third-order valence-corrected chi connectivity index (χ3v) is 4.12. The summed E-state index contributed by atoms with van der Waals surface area (Å²) in [6, 6.07) is 7.51. The fourth-order valence-corrected chi connectivity index (χ4v) is 2.88. The molecule has 24 heavy (non-hydrogen) atoms. The molecule has 0 atom stereocenters. The molecule has 3 rings (SSSR count). The van der Waals surface area contributed by atoms with Crippen LogP contribution in [-0.2, 0) is 0 Å². The van der Waals surface area contributed by atoms with Gasteiger partial charge in [-0.1, -0.05) is 17.7 Å². The van der Waals surface area contributed by atoms with Crippen LogP contribution >= 0.6 is 12.2 Å². The monoisotopic (exact) mass is 339 g/mol. The van der Waals surface area contributed by atoms with Crippen LogP contribution in [-0.4, -0.2) is 20.4 Å². The van der Waals surface area contributed by atoms with Crippen LogP contribution in [0.3, 0.4) is 0 Å². The van der Waals surface area contributed by atoms with Crippen LogP contribution in [0.25, 0.3) is 11.8 Å². The summed E-state index contributed by atoms with van der Waals surface area (Å²) in [4.78, 5) is 19.2. The Balaban J connectivity index is 2.23. The summed E-state index contributed by atoms with van der Waals surface area (Å²) in [5.74, 6) is -0.189. The lowest BCUT2D eigenvalue weighted by molar-refractivity contribution is 0.432. The van der Waals surface area contributed by atoms with Crippen molar-refractivity contribution in [2.45, 2.75) is 20.8 Å². The Hall–Kier alpha value is -2.73. The number of hydrogen-bond acceptors (Lipinski definition) is 4. The second kappa shape index (κ2) is 6.05.